The largest absolute Gasteiger partial charge is 0.392 e. The van der Waals surface area contributed by atoms with Crippen molar-refractivity contribution in [2.45, 2.75) is 26.1 Å². The Morgan fingerprint density at radius 2 is 2.11 bits per heavy atom. The van der Waals surface area contributed by atoms with Crippen LogP contribution in [0.1, 0.15) is 18.9 Å². The van der Waals surface area contributed by atoms with E-state index in [1.54, 1.807) is 24.3 Å². The Kier molecular flexibility index (Phi) is 6.35. The lowest BCUT2D eigenvalue weighted by Gasteiger charge is -2.14. The van der Waals surface area contributed by atoms with Crippen molar-refractivity contribution >= 4 is 11.6 Å². The number of rotatable bonds is 7. The molecule has 0 radical (unpaired) electrons. The standard InChI is InChI=1S/C13H20N2O3/c1-2-18-12(8-14)7-13(17)15-11-5-3-10(9-16)4-6-11/h3-6,12,16H,2,7-9,14H2,1H3,(H,15,17). The van der Waals surface area contributed by atoms with Crippen LogP contribution in [0.15, 0.2) is 24.3 Å². The number of amides is 1. The zero-order valence-corrected chi connectivity index (χ0v) is 10.6. The summed E-state index contributed by atoms with van der Waals surface area (Å²) in [5.41, 5.74) is 7.01. The van der Waals surface area contributed by atoms with Crippen molar-refractivity contribution < 1.29 is 14.6 Å². The van der Waals surface area contributed by atoms with Gasteiger partial charge in [-0.2, -0.15) is 0 Å². The fourth-order valence-electron chi connectivity index (χ4n) is 1.56. The number of anilines is 1. The highest BCUT2D eigenvalue weighted by Gasteiger charge is 2.12. The van der Waals surface area contributed by atoms with E-state index < -0.39 is 0 Å². The number of hydrogen-bond donors (Lipinski definition) is 3. The van der Waals surface area contributed by atoms with Crippen LogP contribution in [0.3, 0.4) is 0 Å². The number of benzene rings is 1. The average Bonchev–Trinajstić information content (AvgIpc) is 2.39. The van der Waals surface area contributed by atoms with Gasteiger partial charge in [0.1, 0.15) is 0 Å². The number of carbonyl (C=O) groups is 1. The highest BCUT2D eigenvalue weighted by atomic mass is 16.5. The molecule has 0 heterocycles. The van der Waals surface area contributed by atoms with E-state index in [1.807, 2.05) is 6.92 Å². The first-order valence-electron chi connectivity index (χ1n) is 6.01. The van der Waals surface area contributed by atoms with Crippen molar-refractivity contribution in [1.29, 1.82) is 0 Å². The molecule has 0 bridgehead atoms. The van der Waals surface area contributed by atoms with Crippen molar-refractivity contribution in [2.24, 2.45) is 5.73 Å². The summed E-state index contributed by atoms with van der Waals surface area (Å²) >= 11 is 0. The van der Waals surface area contributed by atoms with Gasteiger partial charge < -0.3 is 20.9 Å². The minimum atomic E-state index is -0.244. The average molecular weight is 252 g/mol. The highest BCUT2D eigenvalue weighted by molar-refractivity contribution is 5.91. The number of nitrogens with one attached hydrogen (secondary N) is 1. The lowest BCUT2D eigenvalue weighted by Crippen LogP contribution is -2.29. The van der Waals surface area contributed by atoms with Gasteiger partial charge in [0.05, 0.1) is 19.1 Å². The van der Waals surface area contributed by atoms with E-state index in [1.165, 1.54) is 0 Å². The quantitative estimate of drug-likeness (QED) is 0.672. The van der Waals surface area contributed by atoms with Gasteiger partial charge in [-0.05, 0) is 24.6 Å². The maximum Gasteiger partial charge on any atom is 0.227 e. The van der Waals surface area contributed by atoms with Gasteiger partial charge in [0.2, 0.25) is 5.91 Å². The van der Waals surface area contributed by atoms with E-state index in [9.17, 15) is 4.79 Å². The maximum atomic E-state index is 11.7. The summed E-state index contributed by atoms with van der Waals surface area (Å²) in [6, 6.07) is 7.03. The van der Waals surface area contributed by atoms with E-state index in [4.69, 9.17) is 15.6 Å². The van der Waals surface area contributed by atoms with Crippen LogP contribution < -0.4 is 11.1 Å². The molecule has 5 heteroatoms. The Morgan fingerprint density at radius 3 is 2.61 bits per heavy atom. The van der Waals surface area contributed by atoms with Crippen LogP contribution in [0, 0.1) is 0 Å². The molecule has 1 amide bonds. The fraction of sp³-hybridized carbons (Fsp3) is 0.462. The monoisotopic (exact) mass is 252 g/mol. The fourth-order valence-corrected chi connectivity index (χ4v) is 1.56. The van der Waals surface area contributed by atoms with Crippen molar-refractivity contribution in [1.82, 2.24) is 0 Å². The van der Waals surface area contributed by atoms with E-state index in [2.05, 4.69) is 5.32 Å². The first-order chi connectivity index (χ1) is 8.69. The molecule has 0 aliphatic rings. The van der Waals surface area contributed by atoms with E-state index in [0.717, 1.165) is 5.56 Å². The Balaban J connectivity index is 2.47. The summed E-state index contributed by atoms with van der Waals surface area (Å²) in [6.45, 7) is 2.73. The van der Waals surface area contributed by atoms with Crippen molar-refractivity contribution in [3.63, 3.8) is 0 Å². The molecule has 0 aliphatic heterocycles. The summed E-state index contributed by atoms with van der Waals surface area (Å²) in [6.07, 6.45) is -0.00163. The third-order valence-corrected chi connectivity index (χ3v) is 2.50. The topological polar surface area (TPSA) is 84.6 Å². The zero-order chi connectivity index (χ0) is 13.4. The number of carbonyl (C=O) groups excluding carboxylic acids is 1. The number of ether oxygens (including phenoxy) is 1. The smallest absolute Gasteiger partial charge is 0.227 e. The third kappa shape index (κ3) is 4.83. The van der Waals surface area contributed by atoms with Gasteiger partial charge >= 0.3 is 0 Å². The minimum Gasteiger partial charge on any atom is -0.392 e. The molecule has 1 rings (SSSR count). The summed E-state index contributed by atoms with van der Waals surface area (Å²) in [4.78, 5) is 11.7. The first-order valence-corrected chi connectivity index (χ1v) is 6.01. The van der Waals surface area contributed by atoms with Gasteiger partial charge in [-0.1, -0.05) is 12.1 Å². The second-order valence-corrected chi connectivity index (χ2v) is 3.92. The summed E-state index contributed by atoms with van der Waals surface area (Å²) in [5.74, 6) is -0.129. The maximum absolute atomic E-state index is 11.7. The van der Waals surface area contributed by atoms with Gasteiger partial charge in [-0.25, -0.2) is 0 Å². The van der Waals surface area contributed by atoms with E-state index in [0.29, 0.717) is 18.8 Å². The lowest BCUT2D eigenvalue weighted by molar-refractivity contribution is -0.118. The second-order valence-electron chi connectivity index (χ2n) is 3.92. The summed E-state index contributed by atoms with van der Waals surface area (Å²) in [5, 5.41) is 11.7. The van der Waals surface area contributed by atoms with Crippen LogP contribution in [0.2, 0.25) is 0 Å². The van der Waals surface area contributed by atoms with Crippen LogP contribution in [0.4, 0.5) is 5.69 Å². The molecule has 0 aromatic heterocycles. The molecule has 0 aliphatic carbocycles. The predicted octanol–water partition coefficient (Wildman–Crippen LogP) is 0.871. The van der Waals surface area contributed by atoms with Crippen molar-refractivity contribution in [3.8, 4) is 0 Å². The minimum absolute atomic E-state index is 0.00614. The van der Waals surface area contributed by atoms with Crippen LogP contribution in [0.5, 0.6) is 0 Å². The second kappa shape index (κ2) is 7.81. The molecule has 1 unspecified atom stereocenters. The molecule has 0 saturated carbocycles. The molecule has 0 fully saturated rings. The third-order valence-electron chi connectivity index (χ3n) is 2.50. The van der Waals surface area contributed by atoms with E-state index >= 15 is 0 Å². The van der Waals surface area contributed by atoms with Gasteiger partial charge in [-0.3, -0.25) is 4.79 Å². The Hall–Kier alpha value is -1.43. The molecule has 1 atom stereocenters. The highest BCUT2D eigenvalue weighted by Crippen LogP contribution is 2.10. The lowest BCUT2D eigenvalue weighted by atomic mass is 10.2. The molecule has 100 valence electrons. The van der Waals surface area contributed by atoms with Crippen molar-refractivity contribution in [3.05, 3.63) is 29.8 Å². The molecular formula is C13H20N2O3. The Labute approximate surface area is 107 Å². The summed E-state index contributed by atoms with van der Waals surface area (Å²) < 4.78 is 5.32. The molecule has 1 aromatic carbocycles. The number of hydrogen-bond acceptors (Lipinski definition) is 4. The number of aliphatic hydroxyl groups excluding tert-OH is 1. The van der Waals surface area contributed by atoms with Gasteiger partial charge in [0, 0.05) is 18.8 Å². The molecule has 1 aromatic rings. The molecule has 0 spiro atoms. The predicted molar refractivity (Wildman–Crippen MR) is 70.1 cm³/mol. The SMILES string of the molecule is CCOC(CN)CC(=O)Nc1ccc(CO)cc1. The Bertz CT molecular complexity index is 365. The number of nitrogens with two attached hydrogens (primary N) is 1. The molecule has 4 N–H and O–H groups in total. The van der Waals surface area contributed by atoms with E-state index in [-0.39, 0.29) is 25.0 Å². The molecule has 18 heavy (non-hydrogen) atoms. The Morgan fingerprint density at radius 1 is 1.44 bits per heavy atom. The molecule has 5 nitrogen and oxygen atoms in total. The van der Waals surface area contributed by atoms with Crippen molar-refractivity contribution in [2.75, 3.05) is 18.5 Å². The van der Waals surface area contributed by atoms with Crippen LogP contribution in [-0.2, 0) is 16.1 Å². The summed E-state index contributed by atoms with van der Waals surface area (Å²) in [7, 11) is 0. The first kappa shape index (κ1) is 14.6. The van der Waals surface area contributed by atoms with Crippen LogP contribution >= 0.6 is 0 Å². The molecular weight excluding hydrogens is 232 g/mol. The van der Waals surface area contributed by atoms with Crippen LogP contribution in [0.25, 0.3) is 0 Å². The van der Waals surface area contributed by atoms with Gasteiger partial charge in [-0.15, -0.1) is 0 Å². The normalized spacial score (nSPS) is 12.2. The van der Waals surface area contributed by atoms with Crippen LogP contribution in [-0.4, -0.2) is 30.3 Å². The van der Waals surface area contributed by atoms with Gasteiger partial charge in [0.25, 0.3) is 0 Å². The zero-order valence-electron chi connectivity index (χ0n) is 10.6. The van der Waals surface area contributed by atoms with Gasteiger partial charge in [0.15, 0.2) is 0 Å². The number of aliphatic hydroxyl groups is 1. The molecule has 0 saturated heterocycles.